The van der Waals surface area contributed by atoms with E-state index in [0.717, 1.165) is 43.8 Å². The van der Waals surface area contributed by atoms with Crippen molar-refractivity contribution in [2.45, 2.75) is 64.2 Å². The fourth-order valence-corrected chi connectivity index (χ4v) is 9.67. The van der Waals surface area contributed by atoms with Crippen LogP contribution in [0.25, 0.3) is 10.8 Å². The van der Waals surface area contributed by atoms with Gasteiger partial charge in [-0.25, -0.2) is 0 Å². The van der Waals surface area contributed by atoms with Gasteiger partial charge in [-0.1, -0.05) is 147 Å². The van der Waals surface area contributed by atoms with Crippen molar-refractivity contribution in [2.75, 3.05) is 18.0 Å². The van der Waals surface area contributed by atoms with Gasteiger partial charge >= 0.3 is 0 Å². The molecule has 0 saturated heterocycles. The van der Waals surface area contributed by atoms with Crippen molar-refractivity contribution in [3.63, 3.8) is 0 Å². The van der Waals surface area contributed by atoms with Crippen molar-refractivity contribution >= 4 is 39.5 Å². The standard InChI is InChI=1S/C52H52ClN2/c1-5-54-47-30-28-42-24-15-16-25-44(42)50(47)51(4,35-39-18-9-6-10-19-39)48(54)26-17-27-49-52(36-40-20-11-7-12-21-40,37-41-22-13-8-14-23-41)45-34-43(53)29-31-46(45)55(49)33-32-38(2)3/h6-31,34,38H,5,32-33,35-37H2,1-4H3/q+1. The largest absolute Gasteiger partial charge is 0.344 e. The first kappa shape index (κ1) is 36.8. The summed E-state index contributed by atoms with van der Waals surface area (Å²) < 4.78 is 2.56. The van der Waals surface area contributed by atoms with Gasteiger partial charge in [-0.05, 0) is 109 Å². The van der Waals surface area contributed by atoms with Crippen LogP contribution in [-0.4, -0.2) is 23.4 Å². The lowest BCUT2D eigenvalue weighted by molar-refractivity contribution is -0.433. The van der Waals surface area contributed by atoms with Crippen molar-refractivity contribution in [2.24, 2.45) is 5.92 Å². The van der Waals surface area contributed by atoms with Gasteiger partial charge < -0.3 is 4.90 Å². The van der Waals surface area contributed by atoms with Crippen LogP contribution < -0.4 is 4.90 Å². The second kappa shape index (κ2) is 15.5. The van der Waals surface area contributed by atoms with E-state index in [2.05, 4.69) is 201 Å². The van der Waals surface area contributed by atoms with Crippen molar-refractivity contribution in [3.8, 4) is 0 Å². The number of halogens is 1. The van der Waals surface area contributed by atoms with Crippen LogP contribution in [0.2, 0.25) is 5.02 Å². The number of hydrogen-bond donors (Lipinski definition) is 0. The smallest absolute Gasteiger partial charge is 0.210 e. The van der Waals surface area contributed by atoms with E-state index in [1.165, 1.54) is 61.4 Å². The van der Waals surface area contributed by atoms with E-state index in [4.69, 9.17) is 11.6 Å². The maximum absolute atomic E-state index is 6.92. The highest BCUT2D eigenvalue weighted by Gasteiger charge is 2.49. The topological polar surface area (TPSA) is 6.25 Å². The van der Waals surface area contributed by atoms with E-state index in [9.17, 15) is 0 Å². The molecule has 6 aromatic rings. The van der Waals surface area contributed by atoms with Gasteiger partial charge in [0.2, 0.25) is 5.69 Å². The highest BCUT2D eigenvalue weighted by Crippen LogP contribution is 2.53. The maximum atomic E-state index is 6.92. The molecule has 2 aliphatic rings. The molecule has 8 rings (SSSR count). The van der Waals surface area contributed by atoms with Gasteiger partial charge in [0.15, 0.2) is 5.71 Å². The lowest BCUT2D eigenvalue weighted by atomic mass is 9.70. The maximum Gasteiger partial charge on any atom is 0.210 e. The van der Waals surface area contributed by atoms with Crippen molar-refractivity contribution in [1.29, 1.82) is 0 Å². The fourth-order valence-electron chi connectivity index (χ4n) is 9.50. The van der Waals surface area contributed by atoms with E-state index >= 15 is 0 Å². The third kappa shape index (κ3) is 6.98. The van der Waals surface area contributed by atoms with Crippen LogP contribution in [0.4, 0.5) is 11.4 Å². The van der Waals surface area contributed by atoms with E-state index in [1.807, 2.05) is 0 Å². The first-order valence-corrected chi connectivity index (χ1v) is 20.4. The number of fused-ring (bicyclic) bond motifs is 4. The Kier molecular flexibility index (Phi) is 10.4. The summed E-state index contributed by atoms with van der Waals surface area (Å²) in [6, 6.07) is 53.2. The molecule has 0 radical (unpaired) electrons. The summed E-state index contributed by atoms with van der Waals surface area (Å²) in [5.41, 5.74) is 11.4. The lowest BCUT2D eigenvalue weighted by Gasteiger charge is -2.35. The van der Waals surface area contributed by atoms with Gasteiger partial charge in [0, 0.05) is 46.1 Å². The summed E-state index contributed by atoms with van der Waals surface area (Å²) in [5.74, 6) is 0.574. The number of rotatable bonds is 12. The zero-order valence-corrected chi connectivity index (χ0v) is 33.4. The van der Waals surface area contributed by atoms with E-state index < -0.39 is 0 Å². The molecule has 1 atom stereocenters. The minimum absolute atomic E-state index is 0.239. The molecule has 1 unspecified atom stereocenters. The second-order valence-corrected chi connectivity index (χ2v) is 16.6. The molecule has 0 amide bonds. The zero-order chi connectivity index (χ0) is 38.0. The third-order valence-corrected chi connectivity index (χ3v) is 12.2. The van der Waals surface area contributed by atoms with Crippen LogP contribution in [0, 0.1) is 5.92 Å². The van der Waals surface area contributed by atoms with Crippen molar-refractivity contribution in [1.82, 2.24) is 0 Å². The third-order valence-electron chi connectivity index (χ3n) is 12.0. The number of hydrogen-bond acceptors (Lipinski definition) is 1. The van der Waals surface area contributed by atoms with Crippen molar-refractivity contribution in [3.05, 3.63) is 202 Å². The van der Waals surface area contributed by atoms with E-state index in [0.29, 0.717) is 5.92 Å². The molecule has 0 aromatic heterocycles. The molecule has 276 valence electrons. The summed E-state index contributed by atoms with van der Waals surface area (Å²) in [7, 11) is 0. The Bertz CT molecular complexity index is 2350. The summed E-state index contributed by atoms with van der Waals surface area (Å²) in [5, 5.41) is 3.41. The lowest BCUT2D eigenvalue weighted by Crippen LogP contribution is -2.36. The van der Waals surface area contributed by atoms with Crippen LogP contribution in [0.15, 0.2) is 170 Å². The molecule has 0 spiro atoms. The summed E-state index contributed by atoms with van der Waals surface area (Å²) >= 11 is 6.92. The van der Waals surface area contributed by atoms with Crippen molar-refractivity contribution < 1.29 is 4.58 Å². The Hall–Kier alpha value is -5.18. The predicted octanol–water partition coefficient (Wildman–Crippen LogP) is 12.8. The molecule has 2 aliphatic heterocycles. The summed E-state index contributed by atoms with van der Waals surface area (Å²) in [4.78, 5) is 2.62. The Labute approximate surface area is 333 Å². The van der Waals surface area contributed by atoms with Gasteiger partial charge in [0.1, 0.15) is 6.54 Å². The Morgan fingerprint density at radius 2 is 1.31 bits per heavy atom. The molecule has 0 bridgehead atoms. The minimum Gasteiger partial charge on any atom is -0.344 e. The highest BCUT2D eigenvalue weighted by molar-refractivity contribution is 6.30. The van der Waals surface area contributed by atoms with E-state index in [-0.39, 0.29) is 10.8 Å². The molecule has 0 saturated carbocycles. The van der Waals surface area contributed by atoms with Gasteiger partial charge in [-0.2, -0.15) is 4.58 Å². The van der Waals surface area contributed by atoms with Crippen LogP contribution >= 0.6 is 11.6 Å². The summed E-state index contributed by atoms with van der Waals surface area (Å²) in [6.45, 7) is 11.2. The van der Waals surface area contributed by atoms with Gasteiger partial charge in [0.25, 0.3) is 0 Å². The first-order valence-electron chi connectivity index (χ1n) is 20.1. The minimum atomic E-state index is -0.332. The average molecular weight is 740 g/mol. The number of benzene rings is 6. The molecule has 6 aromatic carbocycles. The average Bonchev–Trinajstić information content (AvgIpc) is 3.58. The number of allylic oxidation sites excluding steroid dienone is 4. The van der Waals surface area contributed by atoms with Gasteiger partial charge in [0.05, 0.1) is 5.41 Å². The van der Waals surface area contributed by atoms with Crippen LogP contribution in [0.3, 0.4) is 0 Å². The normalized spacial score (nSPS) is 18.2. The SMILES string of the molecule is CC[N+]1=C(C=CC=C2N(CCC(C)C)c3ccc(Cl)cc3C2(Cc2ccccc2)Cc2ccccc2)C(C)(Cc2ccccc2)c2c1ccc1ccccc21. The highest BCUT2D eigenvalue weighted by atomic mass is 35.5. The van der Waals surface area contributed by atoms with Gasteiger partial charge in [-0.15, -0.1) is 0 Å². The monoisotopic (exact) mass is 739 g/mol. The Balaban J connectivity index is 1.33. The molecule has 2 nitrogen and oxygen atoms in total. The summed E-state index contributed by atoms with van der Waals surface area (Å²) in [6.07, 6.45) is 11.0. The molecular formula is C52H52ClN2+. The van der Waals surface area contributed by atoms with Crippen LogP contribution in [-0.2, 0) is 30.1 Å². The predicted molar refractivity (Wildman–Crippen MR) is 234 cm³/mol. The number of nitrogens with zero attached hydrogens (tertiary/aromatic N) is 2. The Morgan fingerprint density at radius 1 is 0.709 bits per heavy atom. The Morgan fingerprint density at radius 3 is 1.93 bits per heavy atom. The second-order valence-electron chi connectivity index (χ2n) is 16.1. The molecule has 0 fully saturated rings. The molecular weight excluding hydrogens is 688 g/mol. The molecule has 0 aliphatic carbocycles. The van der Waals surface area contributed by atoms with E-state index in [1.54, 1.807) is 0 Å². The first-order chi connectivity index (χ1) is 26.8. The van der Waals surface area contributed by atoms with Gasteiger partial charge in [-0.3, -0.25) is 0 Å². The molecule has 3 heteroatoms. The molecule has 55 heavy (non-hydrogen) atoms. The zero-order valence-electron chi connectivity index (χ0n) is 32.7. The molecule has 0 N–H and O–H groups in total. The molecule has 2 heterocycles. The fraction of sp³-hybridized carbons (Fsp3) is 0.250. The quantitative estimate of drug-likeness (QED) is 0.113. The van der Waals surface area contributed by atoms with Crippen LogP contribution in [0.5, 0.6) is 0 Å². The number of anilines is 1. The van der Waals surface area contributed by atoms with Crippen LogP contribution in [0.1, 0.15) is 61.9 Å².